The molecule has 100 valence electrons. The highest BCUT2D eigenvalue weighted by atomic mass is 127. The van der Waals surface area contributed by atoms with E-state index in [4.69, 9.17) is 4.74 Å². The van der Waals surface area contributed by atoms with Crippen molar-refractivity contribution in [1.29, 1.82) is 0 Å². The van der Waals surface area contributed by atoms with Crippen LogP contribution in [-0.2, 0) is 0 Å². The summed E-state index contributed by atoms with van der Waals surface area (Å²) >= 11 is 5.67. The van der Waals surface area contributed by atoms with Gasteiger partial charge in [0.15, 0.2) is 5.82 Å². The maximum absolute atomic E-state index is 5.36. The maximum atomic E-state index is 5.36. The zero-order valence-corrected chi connectivity index (χ0v) is 14.3. The minimum Gasteiger partial charge on any atom is -0.496 e. The van der Waals surface area contributed by atoms with Crippen molar-refractivity contribution in [2.24, 2.45) is 0 Å². The summed E-state index contributed by atoms with van der Waals surface area (Å²) in [5, 5.41) is 3.23. The van der Waals surface area contributed by atoms with Crippen molar-refractivity contribution in [3.63, 3.8) is 0 Å². The molecule has 1 aromatic carbocycles. The van der Waals surface area contributed by atoms with Crippen LogP contribution >= 0.6 is 38.5 Å². The Morgan fingerprint density at radius 2 is 2.21 bits per heavy atom. The van der Waals surface area contributed by atoms with E-state index >= 15 is 0 Å². The summed E-state index contributed by atoms with van der Waals surface area (Å²) in [5.74, 6) is 2.25. The summed E-state index contributed by atoms with van der Waals surface area (Å²) in [4.78, 5) is 8.93. The fourth-order valence-electron chi connectivity index (χ4n) is 1.64. The van der Waals surface area contributed by atoms with Crippen molar-refractivity contribution < 1.29 is 4.74 Å². The van der Waals surface area contributed by atoms with Crippen LogP contribution in [0.1, 0.15) is 6.92 Å². The molecule has 0 fully saturated rings. The molecule has 4 nitrogen and oxygen atoms in total. The van der Waals surface area contributed by atoms with Gasteiger partial charge in [0.1, 0.15) is 11.6 Å². The first-order valence-electron chi connectivity index (χ1n) is 5.76. The molecule has 2 aromatic rings. The smallest absolute Gasteiger partial charge is 0.165 e. The van der Waals surface area contributed by atoms with Gasteiger partial charge in [0, 0.05) is 17.2 Å². The molecule has 0 unspecified atom stereocenters. The van der Waals surface area contributed by atoms with Gasteiger partial charge in [0.05, 0.1) is 16.2 Å². The third-order valence-electron chi connectivity index (χ3n) is 2.49. The van der Waals surface area contributed by atoms with E-state index in [1.165, 1.54) is 0 Å². The Kier molecular flexibility index (Phi) is 4.98. The molecule has 1 N–H and O–H groups in total. The maximum Gasteiger partial charge on any atom is 0.165 e. The van der Waals surface area contributed by atoms with E-state index in [0.29, 0.717) is 5.82 Å². The van der Waals surface area contributed by atoms with E-state index in [1.54, 1.807) is 13.3 Å². The second kappa shape index (κ2) is 6.51. The number of nitrogens with one attached hydrogen (secondary N) is 1. The topological polar surface area (TPSA) is 47.0 Å². The van der Waals surface area contributed by atoms with Crippen molar-refractivity contribution >= 4 is 44.3 Å². The predicted molar refractivity (Wildman–Crippen MR) is 88.6 cm³/mol. The minimum absolute atomic E-state index is 0.648. The normalized spacial score (nSPS) is 10.3. The lowest BCUT2D eigenvalue weighted by molar-refractivity contribution is 0.416. The second-order valence-corrected chi connectivity index (χ2v) is 5.84. The lowest BCUT2D eigenvalue weighted by Crippen LogP contribution is -2.04. The van der Waals surface area contributed by atoms with E-state index in [2.05, 4.69) is 53.8 Å². The number of nitrogens with zero attached hydrogens (tertiary/aromatic N) is 2. The summed E-state index contributed by atoms with van der Waals surface area (Å²) in [6, 6.07) is 5.78. The van der Waals surface area contributed by atoms with Gasteiger partial charge in [0.2, 0.25) is 0 Å². The Morgan fingerprint density at radius 3 is 2.89 bits per heavy atom. The van der Waals surface area contributed by atoms with Gasteiger partial charge < -0.3 is 10.1 Å². The van der Waals surface area contributed by atoms with Crippen LogP contribution in [0.2, 0.25) is 0 Å². The highest BCUT2D eigenvalue weighted by molar-refractivity contribution is 14.1. The molecule has 2 rings (SSSR count). The number of aromatic nitrogens is 2. The average Bonchev–Trinajstić information content (AvgIpc) is 2.41. The molecule has 0 aliphatic carbocycles. The van der Waals surface area contributed by atoms with Crippen molar-refractivity contribution in [2.45, 2.75) is 6.92 Å². The summed E-state index contributed by atoms with van der Waals surface area (Å²) in [6.45, 7) is 2.86. The molecular formula is C13H13BrIN3O. The Balaban J connectivity index is 2.52. The number of hydrogen-bond donors (Lipinski definition) is 1. The molecular weight excluding hydrogens is 421 g/mol. The molecule has 0 bridgehead atoms. The molecule has 0 saturated heterocycles. The van der Waals surface area contributed by atoms with Crippen LogP contribution in [0.5, 0.6) is 5.75 Å². The SMILES string of the molecule is CCNc1nc(-c2cc(Br)ccc2OC)ncc1I. The fraction of sp³-hybridized carbons (Fsp3) is 0.231. The summed E-state index contributed by atoms with van der Waals surface area (Å²) in [7, 11) is 1.64. The van der Waals surface area contributed by atoms with Crippen LogP contribution in [0.3, 0.4) is 0 Å². The molecule has 0 aliphatic heterocycles. The van der Waals surface area contributed by atoms with Crippen LogP contribution in [0.25, 0.3) is 11.4 Å². The average molecular weight is 434 g/mol. The van der Waals surface area contributed by atoms with Gasteiger partial charge in [-0.05, 0) is 47.7 Å². The lowest BCUT2D eigenvalue weighted by atomic mass is 10.2. The number of rotatable bonds is 4. The minimum atomic E-state index is 0.648. The highest BCUT2D eigenvalue weighted by Crippen LogP contribution is 2.31. The summed E-state index contributed by atoms with van der Waals surface area (Å²) < 4.78 is 7.33. The first kappa shape index (κ1) is 14.5. The number of benzene rings is 1. The summed E-state index contributed by atoms with van der Waals surface area (Å²) in [5.41, 5.74) is 0.868. The van der Waals surface area contributed by atoms with Crippen LogP contribution in [0.15, 0.2) is 28.9 Å². The Labute approximate surface area is 134 Å². The van der Waals surface area contributed by atoms with Gasteiger partial charge in [-0.15, -0.1) is 0 Å². The van der Waals surface area contributed by atoms with E-state index in [1.807, 2.05) is 25.1 Å². The third kappa shape index (κ3) is 3.36. The molecule has 19 heavy (non-hydrogen) atoms. The molecule has 0 radical (unpaired) electrons. The zero-order valence-electron chi connectivity index (χ0n) is 10.6. The Bertz CT molecular complexity index is 592. The third-order valence-corrected chi connectivity index (χ3v) is 3.77. The van der Waals surface area contributed by atoms with E-state index in [-0.39, 0.29) is 0 Å². The highest BCUT2D eigenvalue weighted by Gasteiger charge is 2.11. The van der Waals surface area contributed by atoms with Gasteiger partial charge in [-0.2, -0.15) is 0 Å². The van der Waals surface area contributed by atoms with Crippen LogP contribution in [-0.4, -0.2) is 23.6 Å². The monoisotopic (exact) mass is 433 g/mol. The van der Waals surface area contributed by atoms with Gasteiger partial charge in [0.25, 0.3) is 0 Å². The van der Waals surface area contributed by atoms with Crippen molar-refractivity contribution in [3.8, 4) is 17.1 Å². The first-order chi connectivity index (χ1) is 9.15. The van der Waals surface area contributed by atoms with Crippen LogP contribution in [0.4, 0.5) is 5.82 Å². The van der Waals surface area contributed by atoms with Crippen LogP contribution in [0, 0.1) is 3.57 Å². The summed E-state index contributed by atoms with van der Waals surface area (Å²) in [6.07, 6.45) is 1.81. The van der Waals surface area contributed by atoms with Gasteiger partial charge >= 0.3 is 0 Å². The van der Waals surface area contributed by atoms with E-state index < -0.39 is 0 Å². The second-order valence-electron chi connectivity index (χ2n) is 3.77. The number of methoxy groups -OCH3 is 1. The molecule has 0 aliphatic rings. The van der Waals surface area contributed by atoms with Gasteiger partial charge in [-0.25, -0.2) is 9.97 Å². The first-order valence-corrected chi connectivity index (χ1v) is 7.63. The number of halogens is 2. The standard InChI is InChI=1S/C13H13BrIN3O/c1-3-16-13-10(15)7-17-12(18-13)9-6-8(14)4-5-11(9)19-2/h4-7H,3H2,1-2H3,(H,16,17,18). The molecule has 0 spiro atoms. The van der Waals surface area contributed by atoms with E-state index in [9.17, 15) is 0 Å². The largest absolute Gasteiger partial charge is 0.496 e. The van der Waals surface area contributed by atoms with Gasteiger partial charge in [-0.3, -0.25) is 0 Å². The molecule has 1 heterocycles. The molecule has 0 saturated carbocycles. The molecule has 1 aromatic heterocycles. The van der Waals surface area contributed by atoms with Crippen molar-refractivity contribution in [2.75, 3.05) is 19.0 Å². The quantitative estimate of drug-likeness (QED) is 0.741. The van der Waals surface area contributed by atoms with Gasteiger partial charge in [-0.1, -0.05) is 15.9 Å². The van der Waals surface area contributed by atoms with E-state index in [0.717, 1.165) is 31.7 Å². The van der Waals surface area contributed by atoms with Crippen LogP contribution < -0.4 is 10.1 Å². The Morgan fingerprint density at radius 1 is 1.42 bits per heavy atom. The predicted octanol–water partition coefficient (Wildman–Crippen LogP) is 3.95. The lowest BCUT2D eigenvalue weighted by Gasteiger charge is -2.10. The molecule has 0 amide bonds. The number of ether oxygens (including phenoxy) is 1. The fourth-order valence-corrected chi connectivity index (χ4v) is 2.45. The molecule has 0 atom stereocenters. The molecule has 6 heteroatoms. The zero-order chi connectivity index (χ0) is 13.8. The number of hydrogen-bond acceptors (Lipinski definition) is 4. The Hall–Kier alpha value is -0.890. The van der Waals surface area contributed by atoms with Crippen molar-refractivity contribution in [3.05, 3.63) is 32.4 Å². The number of anilines is 1. The van der Waals surface area contributed by atoms with Crippen molar-refractivity contribution in [1.82, 2.24) is 9.97 Å².